The lowest BCUT2D eigenvalue weighted by molar-refractivity contribution is 0.424. The number of hydrogen-bond acceptors (Lipinski definition) is 3. The average Bonchev–Trinajstić information content (AvgIpc) is 2.56. The monoisotopic (exact) mass is 340 g/mol. The number of ether oxygens (including phenoxy) is 1. The van der Waals surface area contributed by atoms with Crippen LogP contribution in [0.4, 0.5) is 0 Å². The van der Waals surface area contributed by atoms with Gasteiger partial charge in [0.2, 0.25) is 0 Å². The molecule has 0 bridgehead atoms. The molecule has 0 aliphatic carbocycles. The van der Waals surface area contributed by atoms with Crippen LogP contribution in [-0.2, 0) is 0 Å². The molecule has 0 radical (unpaired) electrons. The molecule has 0 atom stereocenters. The maximum Gasteiger partial charge on any atom is 0.126 e. The molecule has 0 saturated heterocycles. The van der Waals surface area contributed by atoms with E-state index in [0.717, 1.165) is 17.9 Å². The molecule has 1 rings (SSSR count). The summed E-state index contributed by atoms with van der Waals surface area (Å²) < 4.78 is 5.68. The van der Waals surface area contributed by atoms with Gasteiger partial charge in [0.15, 0.2) is 0 Å². The van der Waals surface area contributed by atoms with Crippen molar-refractivity contribution in [3.05, 3.63) is 40.6 Å². The Hall–Kier alpha value is -1.32. The second-order valence-electron chi connectivity index (χ2n) is 4.99. The van der Waals surface area contributed by atoms with E-state index < -0.39 is 0 Å². The molecule has 0 fully saturated rings. The second-order valence-corrected chi connectivity index (χ2v) is 5.44. The third kappa shape index (κ3) is 12.9. The fourth-order valence-electron chi connectivity index (χ4n) is 1.27. The number of nitrogens with zero attached hydrogens (tertiary/aromatic N) is 1. The van der Waals surface area contributed by atoms with Crippen LogP contribution in [0.15, 0.2) is 40.0 Å². The fraction of sp³-hybridized carbons (Fsp3) is 0.526. The van der Waals surface area contributed by atoms with Gasteiger partial charge in [-0.3, -0.25) is 4.99 Å². The van der Waals surface area contributed by atoms with E-state index in [1.165, 1.54) is 19.0 Å². The van der Waals surface area contributed by atoms with Crippen molar-refractivity contribution in [2.24, 2.45) is 10.7 Å². The summed E-state index contributed by atoms with van der Waals surface area (Å²) >= 11 is 6.16. The van der Waals surface area contributed by atoms with Gasteiger partial charge in [-0.2, -0.15) is 0 Å². The van der Waals surface area contributed by atoms with Gasteiger partial charge >= 0.3 is 0 Å². The molecule has 132 valence electrons. The Morgan fingerprint density at radius 3 is 2.00 bits per heavy atom. The van der Waals surface area contributed by atoms with Crippen LogP contribution in [0.5, 0.6) is 5.75 Å². The fourth-order valence-corrected chi connectivity index (χ4v) is 1.36. The second kappa shape index (κ2) is 15.6. The first-order valence-electron chi connectivity index (χ1n) is 8.11. The highest BCUT2D eigenvalue weighted by Crippen LogP contribution is 2.18. The van der Waals surface area contributed by atoms with E-state index in [1.54, 1.807) is 0 Å². The minimum absolute atomic E-state index is 0.485. The van der Waals surface area contributed by atoms with Crippen molar-refractivity contribution in [3.8, 4) is 5.75 Å². The molecule has 0 aliphatic heterocycles. The van der Waals surface area contributed by atoms with E-state index in [2.05, 4.69) is 31.5 Å². The molecule has 0 amide bonds. The van der Waals surface area contributed by atoms with Crippen molar-refractivity contribution >= 4 is 17.3 Å². The van der Waals surface area contributed by atoms with Crippen LogP contribution >= 0.6 is 11.6 Å². The molecule has 0 aromatic heterocycles. The normalized spacial score (nSPS) is 11.4. The van der Waals surface area contributed by atoms with Crippen molar-refractivity contribution in [3.63, 3.8) is 0 Å². The van der Waals surface area contributed by atoms with Crippen molar-refractivity contribution in [1.29, 1.82) is 0 Å². The van der Waals surface area contributed by atoms with E-state index in [4.69, 9.17) is 16.3 Å². The van der Waals surface area contributed by atoms with Gasteiger partial charge in [-0.25, -0.2) is 0 Å². The minimum atomic E-state index is 0.485. The number of aryl methyl sites for hydroxylation is 1. The number of halogens is 1. The van der Waals surface area contributed by atoms with Crippen LogP contribution in [-0.4, -0.2) is 19.3 Å². The van der Waals surface area contributed by atoms with E-state index in [0.29, 0.717) is 17.3 Å². The number of nitrogens with two attached hydrogens (primary N) is 1. The van der Waals surface area contributed by atoms with E-state index in [-0.39, 0.29) is 0 Å². The Bertz CT molecular complexity index is 465. The first-order valence-corrected chi connectivity index (χ1v) is 8.49. The molecule has 0 spiro atoms. The lowest BCUT2D eigenvalue weighted by Gasteiger charge is -2.08. The molecule has 0 aliphatic rings. The largest absolute Gasteiger partial charge is 0.461 e. The topological polar surface area (TPSA) is 47.6 Å². The number of allylic oxidation sites excluding steroid dienone is 1. The van der Waals surface area contributed by atoms with E-state index in [1.807, 2.05) is 45.0 Å². The highest BCUT2D eigenvalue weighted by molar-refractivity contribution is 6.30. The molecule has 1 aromatic carbocycles. The van der Waals surface area contributed by atoms with Crippen molar-refractivity contribution < 1.29 is 4.74 Å². The van der Waals surface area contributed by atoms with Gasteiger partial charge in [0, 0.05) is 5.71 Å². The zero-order valence-electron chi connectivity index (χ0n) is 15.7. The number of benzene rings is 1. The van der Waals surface area contributed by atoms with Gasteiger partial charge in [-0.05, 0) is 46.4 Å². The van der Waals surface area contributed by atoms with Crippen molar-refractivity contribution in [2.75, 3.05) is 13.6 Å². The third-order valence-corrected chi connectivity index (χ3v) is 3.06. The zero-order chi connectivity index (χ0) is 18.3. The summed E-state index contributed by atoms with van der Waals surface area (Å²) in [4.78, 5) is 4.37. The first-order chi connectivity index (χ1) is 10.9. The summed E-state index contributed by atoms with van der Waals surface area (Å²) in [5, 5.41) is 0.642. The molecule has 0 unspecified atom stereocenters. The highest BCUT2D eigenvalue weighted by atomic mass is 35.5. The predicted molar refractivity (Wildman–Crippen MR) is 105 cm³/mol. The Kier molecular flexibility index (Phi) is 16.2. The van der Waals surface area contributed by atoms with Crippen LogP contribution in [0.2, 0.25) is 0 Å². The zero-order valence-corrected chi connectivity index (χ0v) is 16.5. The van der Waals surface area contributed by atoms with E-state index in [9.17, 15) is 0 Å². The number of rotatable bonds is 5. The predicted octanol–water partition coefficient (Wildman–Crippen LogP) is 5.71. The SMILES string of the molecule is CCC.CCC(C)=NC/C(Cl)=C(\C)Oc1ccc(C)cc1.CN. The molecule has 4 heteroatoms. The Balaban J connectivity index is 0. The van der Waals surface area contributed by atoms with Gasteiger partial charge < -0.3 is 10.5 Å². The average molecular weight is 341 g/mol. The maximum absolute atomic E-state index is 6.16. The lowest BCUT2D eigenvalue weighted by Crippen LogP contribution is -1.98. The van der Waals surface area contributed by atoms with Crippen LogP contribution in [0.3, 0.4) is 0 Å². The van der Waals surface area contributed by atoms with E-state index >= 15 is 0 Å². The number of aliphatic imine (C=N–C) groups is 1. The number of hydrogen-bond donors (Lipinski definition) is 1. The first kappa shape index (κ1) is 23.9. The van der Waals surface area contributed by atoms with Crippen LogP contribution in [0.1, 0.15) is 53.0 Å². The van der Waals surface area contributed by atoms with Gasteiger partial charge in [-0.15, -0.1) is 0 Å². The van der Waals surface area contributed by atoms with Crippen LogP contribution in [0.25, 0.3) is 0 Å². The van der Waals surface area contributed by atoms with Crippen molar-refractivity contribution in [2.45, 2.75) is 54.4 Å². The van der Waals surface area contributed by atoms with Crippen molar-refractivity contribution in [1.82, 2.24) is 0 Å². The maximum atomic E-state index is 6.16. The quantitative estimate of drug-likeness (QED) is 0.551. The summed E-state index contributed by atoms with van der Waals surface area (Å²) in [5.74, 6) is 1.50. The van der Waals surface area contributed by atoms with Gasteiger partial charge in [0.25, 0.3) is 0 Å². The molecular weight excluding hydrogens is 308 g/mol. The Labute approximate surface area is 147 Å². The molecule has 3 nitrogen and oxygen atoms in total. The molecular formula is C19H33ClN2O. The molecule has 1 aromatic rings. The standard InChI is InChI=1S/C15H20ClNO.C3H8.CH5N/c1-5-12(3)17-10-15(16)13(4)18-14-8-6-11(2)7-9-14;1-3-2;1-2/h6-9H,5,10H2,1-4H3;3H2,1-2H3;2H2,1H3/b15-13-,17-12?;;. The molecule has 0 heterocycles. The lowest BCUT2D eigenvalue weighted by atomic mass is 10.2. The molecule has 0 saturated carbocycles. The highest BCUT2D eigenvalue weighted by Gasteiger charge is 2.02. The summed E-state index contributed by atoms with van der Waals surface area (Å²) in [6.45, 7) is 12.7. The smallest absolute Gasteiger partial charge is 0.126 e. The minimum Gasteiger partial charge on any atom is -0.461 e. The van der Waals surface area contributed by atoms with Gasteiger partial charge in [0.1, 0.15) is 11.5 Å². The summed E-state index contributed by atoms with van der Waals surface area (Å²) in [7, 11) is 1.50. The Morgan fingerprint density at radius 1 is 1.09 bits per heavy atom. The third-order valence-electron chi connectivity index (χ3n) is 2.67. The van der Waals surface area contributed by atoms with Gasteiger partial charge in [-0.1, -0.05) is 56.5 Å². The van der Waals surface area contributed by atoms with Gasteiger partial charge in [0.05, 0.1) is 11.6 Å². The summed E-state index contributed by atoms with van der Waals surface area (Å²) in [6, 6.07) is 7.89. The van der Waals surface area contributed by atoms with Crippen LogP contribution < -0.4 is 10.5 Å². The molecule has 2 N–H and O–H groups in total. The Morgan fingerprint density at radius 2 is 1.57 bits per heavy atom. The molecule has 23 heavy (non-hydrogen) atoms. The summed E-state index contributed by atoms with van der Waals surface area (Å²) in [5.41, 5.74) is 6.80. The van der Waals surface area contributed by atoms with Crippen LogP contribution in [0, 0.1) is 6.92 Å². The summed E-state index contributed by atoms with van der Waals surface area (Å²) in [6.07, 6.45) is 2.20.